The molecule has 2 heterocycles. The van der Waals surface area contributed by atoms with Crippen LogP contribution >= 0.6 is 0 Å². The van der Waals surface area contributed by atoms with Crippen LogP contribution in [0.1, 0.15) is 77.6 Å². The van der Waals surface area contributed by atoms with Crippen molar-refractivity contribution in [2.75, 3.05) is 0 Å². The molecule has 2 saturated carbocycles. The van der Waals surface area contributed by atoms with Gasteiger partial charge in [0.2, 0.25) is 0 Å². The van der Waals surface area contributed by atoms with Gasteiger partial charge in [0.1, 0.15) is 0 Å². The summed E-state index contributed by atoms with van der Waals surface area (Å²) in [6, 6.07) is 1.59. The van der Waals surface area contributed by atoms with Crippen LogP contribution in [-0.2, 0) is 0 Å². The van der Waals surface area contributed by atoms with Gasteiger partial charge in [0, 0.05) is 23.2 Å². The molecule has 2 nitrogen and oxygen atoms in total. The van der Waals surface area contributed by atoms with Gasteiger partial charge < -0.3 is 10.6 Å². The highest BCUT2D eigenvalue weighted by Gasteiger charge is 2.55. The molecule has 0 aromatic carbocycles. The van der Waals surface area contributed by atoms with Gasteiger partial charge in [-0.1, -0.05) is 12.8 Å². The second-order valence-corrected chi connectivity index (χ2v) is 8.10. The second kappa shape index (κ2) is 4.46. The monoisotopic (exact) mass is 262 g/mol. The normalized spacial score (nSPS) is 48.2. The summed E-state index contributed by atoms with van der Waals surface area (Å²) in [5.41, 5.74) is 1.17. The van der Waals surface area contributed by atoms with Crippen molar-refractivity contribution >= 4 is 0 Å². The largest absolute Gasteiger partial charge is 0.308 e. The first-order valence-corrected chi connectivity index (χ1v) is 8.75. The minimum Gasteiger partial charge on any atom is -0.308 e. The van der Waals surface area contributed by atoms with Gasteiger partial charge in [-0.05, 0) is 70.6 Å². The molecule has 108 valence electrons. The number of hydrogen-bond donors (Lipinski definition) is 2. The first-order chi connectivity index (χ1) is 9.20. The molecule has 4 rings (SSSR count). The minimum absolute atomic E-state index is 0.573. The molecule has 0 aromatic heterocycles. The fraction of sp³-hybridized carbons (Fsp3) is 1.00. The topological polar surface area (TPSA) is 24.1 Å². The van der Waals surface area contributed by atoms with Crippen molar-refractivity contribution in [2.24, 2.45) is 5.92 Å². The van der Waals surface area contributed by atoms with Crippen molar-refractivity contribution in [2.45, 2.75) is 101 Å². The van der Waals surface area contributed by atoms with Gasteiger partial charge in [0.05, 0.1) is 0 Å². The van der Waals surface area contributed by atoms with Gasteiger partial charge in [-0.15, -0.1) is 0 Å². The Morgan fingerprint density at radius 1 is 0.947 bits per heavy atom. The molecule has 2 heteroatoms. The summed E-state index contributed by atoms with van der Waals surface area (Å²) < 4.78 is 0. The molecule has 4 atom stereocenters. The third-order valence-corrected chi connectivity index (χ3v) is 6.62. The third-order valence-electron chi connectivity index (χ3n) is 6.62. The molecule has 4 fully saturated rings. The van der Waals surface area contributed by atoms with E-state index < -0.39 is 0 Å². The smallest absolute Gasteiger partial charge is 0.0216 e. The average Bonchev–Trinajstić information content (AvgIpc) is 2.99. The zero-order chi connectivity index (χ0) is 12.9. The van der Waals surface area contributed by atoms with Crippen LogP contribution in [0.5, 0.6) is 0 Å². The maximum atomic E-state index is 4.04. The summed E-state index contributed by atoms with van der Waals surface area (Å²) in [4.78, 5) is 0. The quantitative estimate of drug-likeness (QED) is 0.797. The van der Waals surface area contributed by atoms with E-state index in [0.29, 0.717) is 11.1 Å². The Labute approximate surface area is 118 Å². The molecule has 2 N–H and O–H groups in total. The van der Waals surface area contributed by atoms with Crippen molar-refractivity contribution in [3.8, 4) is 0 Å². The molecule has 2 spiro atoms. The Bertz CT molecular complexity index is 349. The van der Waals surface area contributed by atoms with E-state index in [0.717, 1.165) is 18.0 Å². The Morgan fingerprint density at radius 3 is 2.47 bits per heavy atom. The standard InChI is InChI=1S/C17H30N2/c1-13-5-2-10-17(18-13)12-14(17)11-15-6-3-7-16(19-15)8-4-9-16/h13-15,18-19H,2-12H2,1H3. The minimum atomic E-state index is 0.573. The molecule has 0 amide bonds. The lowest BCUT2D eigenvalue weighted by molar-refractivity contribution is 0.105. The fourth-order valence-electron chi connectivity index (χ4n) is 5.31. The SMILES string of the molecule is CC1CCCC2(CC2CC2CCCC3(CCC3)N2)N1. The lowest BCUT2D eigenvalue weighted by Gasteiger charge is -2.49. The Hall–Kier alpha value is -0.0800. The summed E-state index contributed by atoms with van der Waals surface area (Å²) >= 11 is 0. The van der Waals surface area contributed by atoms with E-state index in [4.69, 9.17) is 0 Å². The highest BCUT2D eigenvalue weighted by atomic mass is 15.1. The molecule has 2 aliphatic carbocycles. The van der Waals surface area contributed by atoms with Gasteiger partial charge in [0.15, 0.2) is 0 Å². The van der Waals surface area contributed by atoms with Gasteiger partial charge >= 0.3 is 0 Å². The predicted octanol–water partition coefficient (Wildman–Crippen LogP) is 3.36. The Kier molecular flexibility index (Phi) is 2.97. The van der Waals surface area contributed by atoms with E-state index in [2.05, 4.69) is 17.6 Å². The zero-order valence-corrected chi connectivity index (χ0v) is 12.5. The number of piperidine rings is 2. The van der Waals surface area contributed by atoms with Crippen LogP contribution in [0.2, 0.25) is 0 Å². The van der Waals surface area contributed by atoms with Crippen LogP contribution in [0.4, 0.5) is 0 Å². The van der Waals surface area contributed by atoms with E-state index in [1.54, 1.807) is 0 Å². The first kappa shape index (κ1) is 12.6. The lowest BCUT2D eigenvalue weighted by atomic mass is 9.70. The molecular formula is C17H30N2. The van der Waals surface area contributed by atoms with Crippen molar-refractivity contribution in [1.82, 2.24) is 10.6 Å². The fourth-order valence-corrected chi connectivity index (χ4v) is 5.31. The van der Waals surface area contributed by atoms with Crippen molar-refractivity contribution in [3.63, 3.8) is 0 Å². The molecule has 4 unspecified atom stereocenters. The molecule has 19 heavy (non-hydrogen) atoms. The maximum Gasteiger partial charge on any atom is 0.0216 e. The van der Waals surface area contributed by atoms with E-state index >= 15 is 0 Å². The molecular weight excluding hydrogens is 232 g/mol. The summed E-state index contributed by atoms with van der Waals surface area (Å²) in [5, 5.41) is 7.97. The molecule has 0 radical (unpaired) electrons. The number of hydrogen-bond acceptors (Lipinski definition) is 2. The third kappa shape index (κ3) is 2.25. The van der Waals surface area contributed by atoms with Crippen LogP contribution in [-0.4, -0.2) is 23.2 Å². The van der Waals surface area contributed by atoms with Gasteiger partial charge in [0.25, 0.3) is 0 Å². The van der Waals surface area contributed by atoms with Crippen molar-refractivity contribution in [1.29, 1.82) is 0 Å². The summed E-state index contributed by atoms with van der Waals surface area (Å²) in [7, 11) is 0. The number of rotatable bonds is 2. The average molecular weight is 262 g/mol. The molecule has 0 bridgehead atoms. The van der Waals surface area contributed by atoms with Crippen LogP contribution in [0, 0.1) is 5.92 Å². The molecule has 4 aliphatic rings. The van der Waals surface area contributed by atoms with E-state index in [1.165, 1.54) is 70.6 Å². The van der Waals surface area contributed by atoms with Crippen LogP contribution in [0.25, 0.3) is 0 Å². The van der Waals surface area contributed by atoms with E-state index in [-0.39, 0.29) is 0 Å². The summed E-state index contributed by atoms with van der Waals surface area (Å²) in [6.45, 7) is 2.37. The molecule has 2 aliphatic heterocycles. The van der Waals surface area contributed by atoms with E-state index in [9.17, 15) is 0 Å². The van der Waals surface area contributed by atoms with E-state index in [1.807, 2.05) is 0 Å². The molecule has 2 saturated heterocycles. The second-order valence-electron chi connectivity index (χ2n) is 8.10. The van der Waals surface area contributed by atoms with Crippen LogP contribution < -0.4 is 10.6 Å². The van der Waals surface area contributed by atoms with Crippen molar-refractivity contribution in [3.05, 3.63) is 0 Å². The highest BCUT2D eigenvalue weighted by Crippen LogP contribution is 2.53. The van der Waals surface area contributed by atoms with Crippen LogP contribution in [0.15, 0.2) is 0 Å². The highest BCUT2D eigenvalue weighted by molar-refractivity contribution is 5.14. The lowest BCUT2D eigenvalue weighted by Crippen LogP contribution is -2.58. The summed E-state index contributed by atoms with van der Waals surface area (Å²) in [5.74, 6) is 0.975. The van der Waals surface area contributed by atoms with Crippen molar-refractivity contribution < 1.29 is 0 Å². The van der Waals surface area contributed by atoms with Crippen LogP contribution in [0.3, 0.4) is 0 Å². The number of nitrogens with one attached hydrogen (secondary N) is 2. The Balaban J connectivity index is 1.33. The van der Waals surface area contributed by atoms with Gasteiger partial charge in [-0.2, -0.15) is 0 Å². The van der Waals surface area contributed by atoms with Gasteiger partial charge in [-0.3, -0.25) is 0 Å². The molecule has 0 aromatic rings. The first-order valence-electron chi connectivity index (χ1n) is 8.75. The summed E-state index contributed by atoms with van der Waals surface area (Å²) in [6.07, 6.45) is 15.9. The predicted molar refractivity (Wildman–Crippen MR) is 79.3 cm³/mol. The van der Waals surface area contributed by atoms with Gasteiger partial charge in [-0.25, -0.2) is 0 Å². The zero-order valence-electron chi connectivity index (χ0n) is 12.5. The maximum absolute atomic E-state index is 4.04. The Morgan fingerprint density at radius 2 is 1.74 bits per heavy atom.